The summed E-state index contributed by atoms with van der Waals surface area (Å²) in [6.07, 6.45) is 2.12. The highest BCUT2D eigenvalue weighted by molar-refractivity contribution is 5.90. The van der Waals surface area contributed by atoms with Crippen molar-refractivity contribution < 1.29 is 39.6 Å². The van der Waals surface area contributed by atoms with E-state index in [9.17, 15) is 39.6 Å². The van der Waals surface area contributed by atoms with E-state index < -0.39 is 58.9 Å². The van der Waals surface area contributed by atoms with Gasteiger partial charge in [0.25, 0.3) is 0 Å². The number of rotatable bonds is 6. The Labute approximate surface area is 144 Å². The number of carbonyl (C=O) groups is 4. The molecule has 0 aromatic rings. The quantitative estimate of drug-likeness (QED) is 0.523. The first kappa shape index (κ1) is 19.0. The van der Waals surface area contributed by atoms with E-state index in [0.717, 1.165) is 0 Å². The van der Waals surface area contributed by atoms with Crippen molar-refractivity contribution in [2.24, 2.45) is 40.9 Å². The Hall–Kier alpha value is -2.38. The van der Waals surface area contributed by atoms with E-state index in [-0.39, 0.29) is 5.92 Å². The summed E-state index contributed by atoms with van der Waals surface area (Å²) < 4.78 is 0. The lowest BCUT2D eigenvalue weighted by atomic mass is 9.42. The van der Waals surface area contributed by atoms with Crippen molar-refractivity contribution >= 4 is 23.9 Å². The molecule has 0 amide bonds. The van der Waals surface area contributed by atoms with Crippen LogP contribution in [0.1, 0.15) is 27.2 Å². The highest BCUT2D eigenvalue weighted by Gasteiger charge is 2.69. The molecule has 8 heteroatoms. The van der Waals surface area contributed by atoms with Gasteiger partial charge in [-0.15, -0.1) is 0 Å². The van der Waals surface area contributed by atoms with E-state index in [0.29, 0.717) is 12.0 Å². The Morgan fingerprint density at radius 1 is 0.960 bits per heavy atom. The highest BCUT2D eigenvalue weighted by Crippen LogP contribution is 2.63. The normalized spacial score (nSPS) is 37.9. The molecule has 2 bridgehead atoms. The average Bonchev–Trinajstić information content (AvgIpc) is 2.50. The standard InChI is InChI=1S/C17H22O8/c1-4-6(2)8-5-7-9(13(18)19)11(15(22)23)17(8,3)12(16(24)25)10(7)14(20)21/h5-7,9-12H,4H2,1-3H3,(H,18,19)(H,20,21)(H,22,23)(H,24,25). The van der Waals surface area contributed by atoms with E-state index in [1.54, 1.807) is 6.92 Å². The molecular weight excluding hydrogens is 332 g/mol. The van der Waals surface area contributed by atoms with Crippen LogP contribution < -0.4 is 0 Å². The maximum Gasteiger partial charge on any atom is 0.308 e. The molecule has 4 N–H and O–H groups in total. The monoisotopic (exact) mass is 354 g/mol. The van der Waals surface area contributed by atoms with Crippen molar-refractivity contribution in [3.05, 3.63) is 11.6 Å². The lowest BCUT2D eigenvalue weighted by molar-refractivity contribution is -0.189. The van der Waals surface area contributed by atoms with Crippen LogP contribution in [-0.2, 0) is 19.2 Å². The largest absolute Gasteiger partial charge is 0.481 e. The molecule has 0 saturated heterocycles. The molecule has 0 spiro atoms. The molecule has 138 valence electrons. The van der Waals surface area contributed by atoms with Crippen molar-refractivity contribution in [3.63, 3.8) is 0 Å². The van der Waals surface area contributed by atoms with E-state index >= 15 is 0 Å². The number of fused-ring (bicyclic) bond motifs is 2. The van der Waals surface area contributed by atoms with E-state index in [4.69, 9.17) is 0 Å². The summed E-state index contributed by atoms with van der Waals surface area (Å²) in [7, 11) is 0. The average molecular weight is 354 g/mol. The summed E-state index contributed by atoms with van der Waals surface area (Å²) in [5.41, 5.74) is -1.05. The van der Waals surface area contributed by atoms with Crippen LogP contribution in [0.2, 0.25) is 0 Å². The molecule has 3 aliphatic carbocycles. The first-order valence-electron chi connectivity index (χ1n) is 8.13. The maximum absolute atomic E-state index is 11.9. The summed E-state index contributed by atoms with van der Waals surface area (Å²) in [5, 5.41) is 38.6. The molecule has 25 heavy (non-hydrogen) atoms. The van der Waals surface area contributed by atoms with Gasteiger partial charge in [-0.3, -0.25) is 19.2 Å². The van der Waals surface area contributed by atoms with Gasteiger partial charge in [-0.25, -0.2) is 0 Å². The van der Waals surface area contributed by atoms with Gasteiger partial charge in [0.2, 0.25) is 0 Å². The van der Waals surface area contributed by atoms with Crippen LogP contribution >= 0.6 is 0 Å². The molecule has 3 aliphatic rings. The Morgan fingerprint density at radius 2 is 1.36 bits per heavy atom. The number of carboxylic acids is 4. The lowest BCUT2D eigenvalue weighted by Gasteiger charge is -2.58. The van der Waals surface area contributed by atoms with Gasteiger partial charge in [0, 0.05) is 11.3 Å². The Balaban J connectivity index is 2.84. The van der Waals surface area contributed by atoms with Gasteiger partial charge in [-0.1, -0.05) is 32.4 Å². The van der Waals surface area contributed by atoms with E-state index in [1.807, 2.05) is 6.92 Å². The molecule has 1 fully saturated rings. The molecule has 3 rings (SSSR count). The topological polar surface area (TPSA) is 149 Å². The summed E-state index contributed by atoms with van der Waals surface area (Å²) >= 11 is 0. The van der Waals surface area contributed by atoms with Gasteiger partial charge in [0.05, 0.1) is 23.7 Å². The zero-order valence-electron chi connectivity index (χ0n) is 14.2. The van der Waals surface area contributed by atoms with Crippen LogP contribution in [0.25, 0.3) is 0 Å². The van der Waals surface area contributed by atoms with Crippen molar-refractivity contribution in [2.75, 3.05) is 0 Å². The third-order valence-corrected chi connectivity index (χ3v) is 6.08. The van der Waals surface area contributed by atoms with Gasteiger partial charge in [0.1, 0.15) is 0 Å². The number of allylic oxidation sites excluding steroid dienone is 2. The molecular formula is C17H22O8. The summed E-state index contributed by atoms with van der Waals surface area (Å²) in [6.45, 7) is 5.05. The van der Waals surface area contributed by atoms with Crippen molar-refractivity contribution in [3.8, 4) is 0 Å². The number of carboxylic acid groups (broad SMARTS) is 4. The fourth-order valence-corrected chi connectivity index (χ4v) is 4.91. The van der Waals surface area contributed by atoms with Gasteiger partial charge in [0.15, 0.2) is 0 Å². The molecule has 5 atom stereocenters. The van der Waals surface area contributed by atoms with Gasteiger partial charge >= 0.3 is 23.9 Å². The second-order valence-electron chi connectivity index (χ2n) is 7.15. The van der Waals surface area contributed by atoms with Crippen molar-refractivity contribution in [2.45, 2.75) is 27.2 Å². The van der Waals surface area contributed by atoms with Crippen molar-refractivity contribution in [1.82, 2.24) is 0 Å². The number of aliphatic carboxylic acids is 4. The van der Waals surface area contributed by atoms with Crippen LogP contribution in [0.5, 0.6) is 0 Å². The second-order valence-corrected chi connectivity index (χ2v) is 7.15. The number of hydrogen-bond acceptors (Lipinski definition) is 4. The van der Waals surface area contributed by atoms with Crippen LogP contribution in [0.3, 0.4) is 0 Å². The lowest BCUT2D eigenvalue weighted by Crippen LogP contribution is -2.64. The fraction of sp³-hybridized carbons (Fsp3) is 0.647. The van der Waals surface area contributed by atoms with Crippen LogP contribution in [0, 0.1) is 40.9 Å². The Kier molecular flexibility index (Phi) is 4.67. The third-order valence-electron chi connectivity index (χ3n) is 6.08. The summed E-state index contributed by atoms with van der Waals surface area (Å²) in [6, 6.07) is 0. The van der Waals surface area contributed by atoms with E-state index in [2.05, 4.69) is 0 Å². The smallest absolute Gasteiger partial charge is 0.308 e. The highest BCUT2D eigenvalue weighted by atomic mass is 16.4. The minimum absolute atomic E-state index is 0.180. The molecule has 0 heterocycles. The predicted octanol–water partition coefficient (Wildman–Crippen LogP) is 1.41. The van der Waals surface area contributed by atoms with Crippen LogP contribution in [0.15, 0.2) is 11.6 Å². The molecule has 0 aromatic carbocycles. The molecule has 8 nitrogen and oxygen atoms in total. The number of hydrogen-bond donors (Lipinski definition) is 4. The van der Waals surface area contributed by atoms with Crippen LogP contribution in [-0.4, -0.2) is 44.3 Å². The maximum atomic E-state index is 11.9. The first-order valence-corrected chi connectivity index (χ1v) is 8.13. The van der Waals surface area contributed by atoms with Gasteiger partial charge in [-0.2, -0.15) is 0 Å². The summed E-state index contributed by atoms with van der Waals surface area (Å²) in [5.74, 6) is -13.0. The first-order chi connectivity index (χ1) is 11.5. The van der Waals surface area contributed by atoms with Gasteiger partial charge < -0.3 is 20.4 Å². The molecule has 1 saturated carbocycles. The van der Waals surface area contributed by atoms with Gasteiger partial charge in [-0.05, 0) is 12.3 Å². The van der Waals surface area contributed by atoms with Crippen LogP contribution in [0.4, 0.5) is 0 Å². The van der Waals surface area contributed by atoms with Crippen molar-refractivity contribution in [1.29, 1.82) is 0 Å². The zero-order valence-corrected chi connectivity index (χ0v) is 14.2. The minimum Gasteiger partial charge on any atom is -0.481 e. The molecule has 0 aliphatic heterocycles. The third kappa shape index (κ3) is 2.51. The Morgan fingerprint density at radius 3 is 1.64 bits per heavy atom. The molecule has 0 aromatic heterocycles. The predicted molar refractivity (Wildman–Crippen MR) is 83.6 cm³/mol. The molecule has 0 radical (unpaired) electrons. The fourth-order valence-electron chi connectivity index (χ4n) is 4.91. The minimum atomic E-state index is -1.59. The molecule has 5 unspecified atom stereocenters. The zero-order chi connectivity index (χ0) is 19.3. The SMILES string of the molecule is CCC(C)C1=CC2C(C(=O)O)C(C(=O)O)C1(C)C(C(=O)O)C2C(=O)O. The van der Waals surface area contributed by atoms with E-state index in [1.165, 1.54) is 13.0 Å². The Bertz CT molecular complexity index is 624. The second kappa shape index (κ2) is 6.16. The summed E-state index contributed by atoms with van der Waals surface area (Å²) in [4.78, 5) is 47.4.